The summed E-state index contributed by atoms with van der Waals surface area (Å²) in [5.74, 6) is -4.05. The van der Waals surface area contributed by atoms with Gasteiger partial charge in [0.2, 0.25) is 5.43 Å². The van der Waals surface area contributed by atoms with E-state index in [0.717, 1.165) is 18.3 Å². The molecule has 3 aliphatic heterocycles. The maximum atomic E-state index is 14.4. The van der Waals surface area contributed by atoms with Crippen LogP contribution in [0.25, 0.3) is 0 Å². The van der Waals surface area contributed by atoms with E-state index >= 15 is 0 Å². The lowest BCUT2D eigenvalue weighted by molar-refractivity contribution is -0.232. The highest BCUT2D eigenvalue weighted by atomic mass is 19.1. The van der Waals surface area contributed by atoms with Gasteiger partial charge in [-0.3, -0.25) is 19.2 Å². The number of halogens is 2. The predicted octanol–water partition coefficient (Wildman–Crippen LogP) is 1.05. The van der Waals surface area contributed by atoms with Gasteiger partial charge in [-0.2, -0.15) is 5.06 Å². The molecule has 4 heterocycles. The van der Waals surface area contributed by atoms with Crippen LogP contribution < -0.4 is 11.2 Å². The van der Waals surface area contributed by atoms with Crippen LogP contribution in [0.4, 0.5) is 8.78 Å². The molecule has 2 aromatic rings. The molecule has 5 atom stereocenters. The van der Waals surface area contributed by atoms with Crippen molar-refractivity contribution >= 4 is 11.8 Å². The van der Waals surface area contributed by atoms with Crippen LogP contribution in [0.5, 0.6) is 5.75 Å². The van der Waals surface area contributed by atoms with Crippen molar-refractivity contribution in [2.45, 2.75) is 63.1 Å². The van der Waals surface area contributed by atoms with Gasteiger partial charge in [-0.25, -0.2) is 8.78 Å². The molecule has 5 rings (SSSR count). The number of hydrogen-bond donors (Lipinski definition) is 3. The SMILES string of the molecule is C[C@@H]1CC[C@@]2(ON(Cc3ccc(F)cc3F)[C@@H](C)[C@H]2O)[C@H]2CN1C(=O)c1c(O)c(=O)c(C(N)=O)cn12. The minimum absolute atomic E-state index is 0.0655. The number of benzene rings is 1. The van der Waals surface area contributed by atoms with Crippen molar-refractivity contribution in [2.24, 2.45) is 5.73 Å². The van der Waals surface area contributed by atoms with Gasteiger partial charge in [0.25, 0.3) is 11.8 Å². The Morgan fingerprint density at radius 3 is 2.67 bits per heavy atom. The number of carbonyl (C=O) groups excluding carboxylic acids is 2. The number of nitrogens with zero attached hydrogens (tertiary/aromatic N) is 3. The number of aliphatic hydroxyl groups excluding tert-OH is 1. The molecule has 1 spiro atoms. The van der Waals surface area contributed by atoms with Crippen molar-refractivity contribution in [3.63, 3.8) is 0 Å². The lowest BCUT2D eigenvalue weighted by Crippen LogP contribution is -2.56. The Hall–Kier alpha value is -3.35. The third kappa shape index (κ3) is 3.43. The quantitative estimate of drug-likeness (QED) is 0.568. The normalized spacial score (nSPS) is 29.9. The van der Waals surface area contributed by atoms with E-state index in [0.29, 0.717) is 6.42 Å². The molecule has 12 heteroatoms. The van der Waals surface area contributed by atoms with Crippen LogP contribution >= 0.6 is 0 Å². The minimum Gasteiger partial charge on any atom is -0.503 e. The number of primary amides is 1. The van der Waals surface area contributed by atoms with Crippen LogP contribution in [0.3, 0.4) is 0 Å². The Kier molecular flexibility index (Phi) is 5.65. The zero-order valence-electron chi connectivity index (χ0n) is 19.6. The fraction of sp³-hybridized carbons (Fsp3) is 0.458. The van der Waals surface area contributed by atoms with Crippen molar-refractivity contribution in [1.29, 1.82) is 0 Å². The molecular weight excluding hydrogens is 478 g/mol. The van der Waals surface area contributed by atoms with E-state index in [1.54, 1.807) is 6.92 Å². The number of aromatic hydroxyl groups is 1. The second-order valence-electron chi connectivity index (χ2n) is 9.74. The first-order valence-electron chi connectivity index (χ1n) is 11.6. The number of pyridine rings is 1. The second kappa shape index (κ2) is 8.36. The molecule has 10 nitrogen and oxygen atoms in total. The molecule has 3 aliphatic rings. The van der Waals surface area contributed by atoms with E-state index in [2.05, 4.69) is 0 Å². The van der Waals surface area contributed by atoms with Gasteiger partial charge in [-0.15, -0.1) is 0 Å². The maximum Gasteiger partial charge on any atom is 0.274 e. The highest BCUT2D eigenvalue weighted by molar-refractivity contribution is 5.99. The summed E-state index contributed by atoms with van der Waals surface area (Å²) in [5.41, 5.74) is 2.27. The number of aromatic nitrogens is 1. The Balaban J connectivity index is 1.63. The molecule has 0 radical (unpaired) electrons. The van der Waals surface area contributed by atoms with E-state index < -0.39 is 64.0 Å². The number of hydroxylamine groups is 2. The van der Waals surface area contributed by atoms with Gasteiger partial charge in [-0.1, -0.05) is 6.07 Å². The van der Waals surface area contributed by atoms with Crippen LogP contribution in [0.1, 0.15) is 59.1 Å². The molecule has 36 heavy (non-hydrogen) atoms. The number of rotatable bonds is 3. The number of carbonyl (C=O) groups is 2. The van der Waals surface area contributed by atoms with Crippen LogP contribution in [0, 0.1) is 11.6 Å². The van der Waals surface area contributed by atoms with Crippen LogP contribution in [0.15, 0.2) is 29.2 Å². The summed E-state index contributed by atoms with van der Waals surface area (Å²) in [6.07, 6.45) is 0.681. The van der Waals surface area contributed by atoms with Gasteiger partial charge in [0.1, 0.15) is 28.9 Å². The largest absolute Gasteiger partial charge is 0.503 e. The van der Waals surface area contributed by atoms with E-state index in [-0.39, 0.29) is 36.8 Å². The number of nitrogens with two attached hydrogens (primary N) is 1. The molecule has 1 aromatic heterocycles. The molecule has 0 unspecified atom stereocenters. The molecule has 1 aromatic carbocycles. The zero-order chi connectivity index (χ0) is 26.1. The van der Waals surface area contributed by atoms with E-state index in [1.165, 1.54) is 20.6 Å². The fourth-order valence-electron chi connectivity index (χ4n) is 5.64. The van der Waals surface area contributed by atoms with Crippen molar-refractivity contribution in [2.75, 3.05) is 6.54 Å². The summed E-state index contributed by atoms with van der Waals surface area (Å²) in [4.78, 5) is 45.6. The first kappa shape index (κ1) is 24.3. The highest BCUT2D eigenvalue weighted by Crippen LogP contribution is 2.49. The molecule has 4 N–H and O–H groups in total. The first-order chi connectivity index (χ1) is 17.0. The average molecular weight is 504 g/mol. The van der Waals surface area contributed by atoms with Crippen LogP contribution in [0.2, 0.25) is 0 Å². The monoisotopic (exact) mass is 504 g/mol. The van der Waals surface area contributed by atoms with E-state index in [9.17, 15) is 33.4 Å². The standard InChI is InChI=1S/C24H26F2N4O6/c1-11-5-6-24(21(33)12(2)30(36-24)8-13-3-4-14(25)7-16(13)26)17-10-28(11)23(35)18-20(32)19(31)15(22(27)34)9-29(17)18/h3-4,7,9,11-12,17,21,32-33H,5-6,8,10H2,1-2H3,(H2,27,34)/t11-,12+,17-,21-,24-/m1/s1. The van der Waals surface area contributed by atoms with Crippen LogP contribution in [-0.4, -0.2) is 66.9 Å². The van der Waals surface area contributed by atoms with E-state index in [1.807, 2.05) is 6.92 Å². The predicted molar refractivity (Wildman–Crippen MR) is 121 cm³/mol. The number of hydrogen-bond acceptors (Lipinski definition) is 7. The van der Waals surface area contributed by atoms with Crippen LogP contribution in [-0.2, 0) is 11.4 Å². The second-order valence-corrected chi connectivity index (χ2v) is 9.74. The summed E-state index contributed by atoms with van der Waals surface area (Å²) in [5, 5.41) is 23.6. The summed E-state index contributed by atoms with van der Waals surface area (Å²) in [6.45, 7) is 3.48. The molecule has 2 bridgehead atoms. The van der Waals surface area contributed by atoms with Gasteiger partial charge in [0, 0.05) is 30.4 Å². The fourth-order valence-corrected chi connectivity index (χ4v) is 5.64. The smallest absolute Gasteiger partial charge is 0.274 e. The van der Waals surface area contributed by atoms with Gasteiger partial charge in [-0.05, 0) is 32.8 Å². The topological polar surface area (TPSA) is 138 Å². The molecule has 192 valence electrons. The minimum atomic E-state index is -1.36. The Bertz CT molecular complexity index is 1330. The molecule has 0 saturated carbocycles. The van der Waals surface area contributed by atoms with Gasteiger partial charge >= 0.3 is 0 Å². The molecular formula is C24H26F2N4O6. The Morgan fingerprint density at radius 1 is 1.28 bits per heavy atom. The lowest BCUT2D eigenvalue weighted by atomic mass is 9.81. The molecule has 2 saturated heterocycles. The van der Waals surface area contributed by atoms with Gasteiger partial charge in [0.15, 0.2) is 11.4 Å². The van der Waals surface area contributed by atoms with Crippen molar-refractivity contribution in [3.05, 3.63) is 63.1 Å². The summed E-state index contributed by atoms with van der Waals surface area (Å²) >= 11 is 0. The highest BCUT2D eigenvalue weighted by Gasteiger charge is 2.61. The van der Waals surface area contributed by atoms with Gasteiger partial charge in [0.05, 0.1) is 18.6 Å². The number of amides is 2. The van der Waals surface area contributed by atoms with Crippen molar-refractivity contribution < 1.29 is 33.4 Å². The van der Waals surface area contributed by atoms with Crippen molar-refractivity contribution in [3.8, 4) is 5.75 Å². The third-order valence-corrected chi connectivity index (χ3v) is 7.73. The van der Waals surface area contributed by atoms with Gasteiger partial charge < -0.3 is 25.4 Å². The first-order valence-corrected chi connectivity index (χ1v) is 11.6. The average Bonchev–Trinajstić information content (AvgIpc) is 2.97. The summed E-state index contributed by atoms with van der Waals surface area (Å²) < 4.78 is 29.1. The van der Waals surface area contributed by atoms with E-state index in [4.69, 9.17) is 10.6 Å². The maximum absolute atomic E-state index is 14.4. The summed E-state index contributed by atoms with van der Waals surface area (Å²) in [7, 11) is 0. The molecule has 2 fully saturated rings. The molecule has 2 amide bonds. The molecule has 0 aliphatic carbocycles. The third-order valence-electron chi connectivity index (χ3n) is 7.73. The summed E-state index contributed by atoms with van der Waals surface area (Å²) in [6, 6.07) is 1.42. The number of fused-ring (bicyclic) bond motifs is 5. The van der Waals surface area contributed by atoms with Crippen molar-refractivity contribution in [1.82, 2.24) is 14.5 Å². The lowest BCUT2D eigenvalue weighted by Gasteiger charge is -2.43. The Labute approximate surface area is 204 Å². The Morgan fingerprint density at radius 2 is 2.00 bits per heavy atom. The number of aliphatic hydroxyl groups is 1. The zero-order valence-corrected chi connectivity index (χ0v) is 19.6.